The normalized spacial score (nSPS) is 10.7. The fourth-order valence-corrected chi connectivity index (χ4v) is 3.32. The van der Waals surface area contributed by atoms with Crippen molar-refractivity contribution < 1.29 is 9.53 Å². The lowest BCUT2D eigenvalue weighted by atomic mass is 10.1. The number of hydrogen-bond acceptors (Lipinski definition) is 3. The van der Waals surface area contributed by atoms with Crippen LogP contribution in [0.1, 0.15) is 15.9 Å². The summed E-state index contributed by atoms with van der Waals surface area (Å²) in [6, 6.07) is 27.1. The fraction of sp³-hybridized carbons (Fsp3) is 0.0435. The third-order valence-electron chi connectivity index (χ3n) is 4.27. The van der Waals surface area contributed by atoms with Crippen LogP contribution in [0.4, 0.5) is 0 Å². The minimum atomic E-state index is -0.372. The summed E-state index contributed by atoms with van der Waals surface area (Å²) in [6.45, 7) is 0.237. The molecule has 0 amide bonds. The summed E-state index contributed by atoms with van der Waals surface area (Å²) in [7, 11) is 0. The Morgan fingerprint density at radius 3 is 2.52 bits per heavy atom. The fourth-order valence-electron chi connectivity index (χ4n) is 2.92. The van der Waals surface area contributed by atoms with E-state index in [-0.39, 0.29) is 12.6 Å². The molecular formula is C23H16BrNO2. The number of rotatable bonds is 4. The first-order valence-corrected chi connectivity index (χ1v) is 9.37. The van der Waals surface area contributed by atoms with E-state index >= 15 is 0 Å². The second-order valence-corrected chi connectivity index (χ2v) is 7.06. The summed E-state index contributed by atoms with van der Waals surface area (Å²) in [5.74, 6) is -0.372. The predicted molar refractivity (Wildman–Crippen MR) is 110 cm³/mol. The maximum atomic E-state index is 12.7. The zero-order valence-electron chi connectivity index (χ0n) is 14.4. The zero-order chi connectivity index (χ0) is 18.6. The molecule has 132 valence electrons. The van der Waals surface area contributed by atoms with Gasteiger partial charge in [-0.2, -0.15) is 0 Å². The van der Waals surface area contributed by atoms with E-state index in [0.29, 0.717) is 11.1 Å². The van der Waals surface area contributed by atoms with Crippen LogP contribution in [0.25, 0.3) is 22.2 Å². The molecule has 1 heterocycles. The minimum absolute atomic E-state index is 0.237. The van der Waals surface area contributed by atoms with Crippen LogP contribution in [0.15, 0.2) is 89.4 Å². The minimum Gasteiger partial charge on any atom is -0.457 e. The van der Waals surface area contributed by atoms with E-state index in [1.807, 2.05) is 78.9 Å². The smallest absolute Gasteiger partial charge is 0.340 e. The van der Waals surface area contributed by atoms with E-state index in [9.17, 15) is 4.79 Å². The van der Waals surface area contributed by atoms with Gasteiger partial charge in [-0.05, 0) is 29.8 Å². The number of carbonyl (C=O) groups is 1. The van der Waals surface area contributed by atoms with Crippen LogP contribution in [0.3, 0.4) is 0 Å². The van der Waals surface area contributed by atoms with Crippen molar-refractivity contribution in [2.24, 2.45) is 0 Å². The average molecular weight is 418 g/mol. The number of carbonyl (C=O) groups excluding carboxylic acids is 1. The van der Waals surface area contributed by atoms with Crippen molar-refractivity contribution in [2.75, 3.05) is 0 Å². The van der Waals surface area contributed by atoms with Crippen molar-refractivity contribution in [3.05, 3.63) is 101 Å². The summed E-state index contributed by atoms with van der Waals surface area (Å²) < 4.78 is 6.48. The van der Waals surface area contributed by atoms with Gasteiger partial charge in [-0.3, -0.25) is 0 Å². The Bertz CT molecular complexity index is 1110. The van der Waals surface area contributed by atoms with Gasteiger partial charge in [0.2, 0.25) is 0 Å². The molecule has 0 aliphatic rings. The quantitative estimate of drug-likeness (QED) is 0.381. The molecule has 4 aromatic rings. The van der Waals surface area contributed by atoms with Gasteiger partial charge in [-0.15, -0.1) is 0 Å². The molecule has 0 fully saturated rings. The van der Waals surface area contributed by atoms with Gasteiger partial charge in [-0.25, -0.2) is 9.78 Å². The number of nitrogens with zero attached hydrogens (tertiary/aromatic N) is 1. The highest BCUT2D eigenvalue weighted by molar-refractivity contribution is 9.10. The van der Waals surface area contributed by atoms with Gasteiger partial charge in [0.1, 0.15) is 6.61 Å². The maximum Gasteiger partial charge on any atom is 0.340 e. The molecule has 27 heavy (non-hydrogen) atoms. The van der Waals surface area contributed by atoms with Gasteiger partial charge in [0.25, 0.3) is 0 Å². The number of esters is 1. The molecule has 4 rings (SSSR count). The lowest BCUT2D eigenvalue weighted by Crippen LogP contribution is -2.06. The van der Waals surface area contributed by atoms with E-state index in [2.05, 4.69) is 15.9 Å². The van der Waals surface area contributed by atoms with Crippen LogP contribution in [-0.2, 0) is 11.3 Å². The van der Waals surface area contributed by atoms with Crippen molar-refractivity contribution in [2.45, 2.75) is 6.61 Å². The van der Waals surface area contributed by atoms with Crippen LogP contribution >= 0.6 is 15.9 Å². The first-order chi connectivity index (χ1) is 13.2. The third-order valence-corrected chi connectivity index (χ3v) is 4.77. The van der Waals surface area contributed by atoms with Gasteiger partial charge >= 0.3 is 5.97 Å². The number of pyridine rings is 1. The van der Waals surface area contributed by atoms with Crippen LogP contribution in [0.5, 0.6) is 0 Å². The number of para-hydroxylation sites is 1. The van der Waals surface area contributed by atoms with Crippen molar-refractivity contribution in [3.63, 3.8) is 0 Å². The Morgan fingerprint density at radius 2 is 1.70 bits per heavy atom. The van der Waals surface area contributed by atoms with E-state index in [0.717, 1.165) is 26.7 Å². The standard InChI is InChI=1S/C23H16BrNO2/c24-19-10-4-9-18(14-19)21-13-12-17-8-5-11-20(22(17)25-21)23(26)27-15-16-6-2-1-3-7-16/h1-14H,15H2. The first kappa shape index (κ1) is 17.4. The van der Waals surface area contributed by atoms with E-state index in [4.69, 9.17) is 9.72 Å². The van der Waals surface area contributed by atoms with Crippen molar-refractivity contribution in [1.29, 1.82) is 0 Å². The van der Waals surface area contributed by atoms with E-state index in [1.54, 1.807) is 6.07 Å². The Labute approximate surface area is 165 Å². The van der Waals surface area contributed by atoms with E-state index in [1.165, 1.54) is 0 Å². The zero-order valence-corrected chi connectivity index (χ0v) is 16.0. The second-order valence-electron chi connectivity index (χ2n) is 6.15. The molecule has 0 aliphatic heterocycles. The number of halogens is 1. The number of aromatic nitrogens is 1. The van der Waals surface area contributed by atoms with Gasteiger partial charge in [0.15, 0.2) is 0 Å². The molecule has 0 saturated carbocycles. The molecule has 3 nitrogen and oxygen atoms in total. The Balaban J connectivity index is 1.68. The molecule has 0 spiro atoms. The number of benzene rings is 3. The lowest BCUT2D eigenvalue weighted by Gasteiger charge is -2.09. The monoisotopic (exact) mass is 417 g/mol. The largest absolute Gasteiger partial charge is 0.457 e. The molecule has 1 aromatic heterocycles. The van der Waals surface area contributed by atoms with Crippen LogP contribution in [0.2, 0.25) is 0 Å². The molecule has 0 aliphatic carbocycles. The van der Waals surface area contributed by atoms with Crippen molar-refractivity contribution in [3.8, 4) is 11.3 Å². The van der Waals surface area contributed by atoms with Crippen molar-refractivity contribution >= 4 is 32.8 Å². The van der Waals surface area contributed by atoms with Crippen LogP contribution in [-0.4, -0.2) is 11.0 Å². The molecule has 0 saturated heterocycles. The summed E-state index contributed by atoms with van der Waals surface area (Å²) in [6.07, 6.45) is 0. The van der Waals surface area contributed by atoms with Crippen LogP contribution < -0.4 is 0 Å². The topological polar surface area (TPSA) is 39.2 Å². The SMILES string of the molecule is O=C(OCc1ccccc1)c1cccc2ccc(-c3cccc(Br)c3)nc12. The number of ether oxygens (including phenoxy) is 1. The molecular weight excluding hydrogens is 402 g/mol. The highest BCUT2D eigenvalue weighted by Crippen LogP contribution is 2.25. The Kier molecular flexibility index (Phi) is 4.99. The van der Waals surface area contributed by atoms with Gasteiger partial charge in [0, 0.05) is 15.4 Å². The summed E-state index contributed by atoms with van der Waals surface area (Å²) >= 11 is 3.49. The maximum absolute atomic E-state index is 12.7. The highest BCUT2D eigenvalue weighted by atomic mass is 79.9. The lowest BCUT2D eigenvalue weighted by molar-refractivity contribution is 0.0475. The molecule has 3 aromatic carbocycles. The second kappa shape index (κ2) is 7.72. The summed E-state index contributed by atoms with van der Waals surface area (Å²) in [4.78, 5) is 17.4. The van der Waals surface area contributed by atoms with Gasteiger partial charge in [0.05, 0.1) is 16.8 Å². The van der Waals surface area contributed by atoms with Gasteiger partial charge < -0.3 is 4.74 Å². The number of hydrogen-bond donors (Lipinski definition) is 0. The molecule has 0 N–H and O–H groups in total. The molecule has 0 atom stereocenters. The Morgan fingerprint density at radius 1 is 0.889 bits per heavy atom. The number of fused-ring (bicyclic) bond motifs is 1. The molecule has 0 radical (unpaired) electrons. The van der Waals surface area contributed by atoms with Gasteiger partial charge in [-0.1, -0.05) is 76.6 Å². The third kappa shape index (κ3) is 3.91. The highest BCUT2D eigenvalue weighted by Gasteiger charge is 2.14. The molecule has 0 bridgehead atoms. The summed E-state index contributed by atoms with van der Waals surface area (Å²) in [5, 5.41) is 0.905. The molecule has 0 unspecified atom stereocenters. The Hall–Kier alpha value is -2.98. The average Bonchev–Trinajstić information content (AvgIpc) is 2.72. The van der Waals surface area contributed by atoms with Crippen LogP contribution in [0, 0.1) is 0 Å². The predicted octanol–water partition coefficient (Wildman–Crippen LogP) is 6.02. The van der Waals surface area contributed by atoms with E-state index < -0.39 is 0 Å². The van der Waals surface area contributed by atoms with Crippen molar-refractivity contribution in [1.82, 2.24) is 4.98 Å². The first-order valence-electron chi connectivity index (χ1n) is 8.57. The molecule has 4 heteroatoms. The summed E-state index contributed by atoms with van der Waals surface area (Å²) in [5.41, 5.74) is 3.87.